The number of carbonyl (C=O) groups excluding carboxylic acids is 1. The van der Waals surface area contributed by atoms with Crippen molar-refractivity contribution in [2.45, 2.75) is 19.4 Å². The van der Waals surface area contributed by atoms with E-state index in [-0.39, 0.29) is 19.6 Å². The molecule has 1 aromatic rings. The van der Waals surface area contributed by atoms with Crippen LogP contribution in [0.2, 0.25) is 0 Å². The van der Waals surface area contributed by atoms with E-state index in [0.717, 1.165) is 4.90 Å². The highest BCUT2D eigenvalue weighted by atomic mass is 16.5. The highest BCUT2D eigenvalue weighted by Crippen LogP contribution is 2.09. The first-order chi connectivity index (χ1) is 9.91. The minimum absolute atomic E-state index is 0.181. The van der Waals surface area contributed by atoms with Crippen LogP contribution >= 0.6 is 0 Å². The fourth-order valence-corrected chi connectivity index (χ4v) is 1.63. The number of amides is 1. The third kappa shape index (κ3) is 5.52. The number of ether oxygens (including phenoxy) is 1. The van der Waals surface area contributed by atoms with Crippen LogP contribution in [0.5, 0.6) is 5.75 Å². The second-order valence-corrected chi connectivity index (χ2v) is 4.35. The molecule has 1 atom stereocenters. The number of hydrogen-bond donors (Lipinski definition) is 2. The zero-order chi connectivity index (χ0) is 15.8. The Balaban J connectivity index is 2.65. The minimum atomic E-state index is -1.20. The van der Waals surface area contributed by atoms with E-state index >= 15 is 0 Å². The van der Waals surface area contributed by atoms with Crippen molar-refractivity contribution in [2.75, 3.05) is 13.2 Å². The summed E-state index contributed by atoms with van der Waals surface area (Å²) in [6.07, 6.45) is -0.325. The number of carbonyl (C=O) groups is 3. The Labute approximate surface area is 121 Å². The number of aliphatic carboxylic acids is 2. The molecule has 0 aliphatic rings. The average molecular weight is 295 g/mol. The summed E-state index contributed by atoms with van der Waals surface area (Å²) in [5.41, 5.74) is 0. The van der Waals surface area contributed by atoms with Crippen LogP contribution in [0, 0.1) is 0 Å². The molecule has 1 aromatic carbocycles. The maximum atomic E-state index is 12.0. The molecule has 114 valence electrons. The highest BCUT2D eigenvalue weighted by Gasteiger charge is 2.26. The van der Waals surface area contributed by atoms with Gasteiger partial charge in [-0.3, -0.25) is 9.59 Å². The molecule has 0 radical (unpaired) electrons. The quantitative estimate of drug-likeness (QED) is 0.736. The Bertz CT molecular complexity index is 501. The molecule has 2 N–H and O–H groups in total. The standard InChI is InChI=1S/C14H17NO6/c1-10(14(19)20)15(8-7-13(17)18)12(16)9-21-11-5-3-2-4-6-11/h2-6,10H,7-9H2,1H3,(H,17,18)(H,19,20). The van der Waals surface area contributed by atoms with Gasteiger partial charge in [-0.2, -0.15) is 0 Å². The van der Waals surface area contributed by atoms with E-state index in [2.05, 4.69) is 0 Å². The third-order valence-corrected chi connectivity index (χ3v) is 2.82. The third-order valence-electron chi connectivity index (χ3n) is 2.82. The van der Waals surface area contributed by atoms with Gasteiger partial charge in [0, 0.05) is 6.54 Å². The first kappa shape index (κ1) is 16.5. The summed E-state index contributed by atoms with van der Waals surface area (Å²) in [5.74, 6) is -2.40. The summed E-state index contributed by atoms with van der Waals surface area (Å²) in [5, 5.41) is 17.6. The van der Waals surface area contributed by atoms with Crippen molar-refractivity contribution in [3.63, 3.8) is 0 Å². The number of nitrogens with zero attached hydrogens (tertiary/aromatic N) is 1. The van der Waals surface area contributed by atoms with Crippen LogP contribution in [0.25, 0.3) is 0 Å². The van der Waals surface area contributed by atoms with Crippen LogP contribution in [-0.4, -0.2) is 52.2 Å². The van der Waals surface area contributed by atoms with Gasteiger partial charge in [0.2, 0.25) is 0 Å². The normalized spacial score (nSPS) is 11.5. The van der Waals surface area contributed by atoms with Gasteiger partial charge in [-0.1, -0.05) is 18.2 Å². The summed E-state index contributed by atoms with van der Waals surface area (Å²) in [7, 11) is 0. The van der Waals surface area contributed by atoms with Gasteiger partial charge in [0.05, 0.1) is 6.42 Å². The zero-order valence-electron chi connectivity index (χ0n) is 11.6. The first-order valence-corrected chi connectivity index (χ1v) is 6.33. The number of benzene rings is 1. The highest BCUT2D eigenvalue weighted by molar-refractivity contribution is 5.84. The average Bonchev–Trinajstić information content (AvgIpc) is 2.45. The molecule has 0 saturated heterocycles. The van der Waals surface area contributed by atoms with Crippen molar-refractivity contribution < 1.29 is 29.3 Å². The van der Waals surface area contributed by atoms with Gasteiger partial charge in [-0.15, -0.1) is 0 Å². The summed E-state index contributed by atoms with van der Waals surface area (Å²) >= 11 is 0. The number of carboxylic acid groups (broad SMARTS) is 2. The van der Waals surface area contributed by atoms with Gasteiger partial charge in [0.25, 0.3) is 5.91 Å². The Hall–Kier alpha value is -2.57. The van der Waals surface area contributed by atoms with E-state index in [9.17, 15) is 14.4 Å². The molecule has 0 bridgehead atoms. The second-order valence-electron chi connectivity index (χ2n) is 4.35. The molecular weight excluding hydrogens is 278 g/mol. The van der Waals surface area contributed by atoms with Crippen molar-refractivity contribution in [3.05, 3.63) is 30.3 Å². The van der Waals surface area contributed by atoms with E-state index in [1.807, 2.05) is 0 Å². The molecule has 0 saturated carbocycles. The van der Waals surface area contributed by atoms with Gasteiger partial charge in [0.1, 0.15) is 11.8 Å². The maximum absolute atomic E-state index is 12.0. The van der Waals surface area contributed by atoms with Gasteiger partial charge in [0.15, 0.2) is 6.61 Å². The molecule has 0 fully saturated rings. The number of rotatable bonds is 8. The van der Waals surface area contributed by atoms with Crippen LogP contribution in [0.4, 0.5) is 0 Å². The van der Waals surface area contributed by atoms with Crippen LogP contribution < -0.4 is 4.74 Å². The second kappa shape index (κ2) is 7.88. The van der Waals surface area contributed by atoms with Crippen molar-refractivity contribution in [2.24, 2.45) is 0 Å². The van der Waals surface area contributed by atoms with Gasteiger partial charge in [-0.05, 0) is 19.1 Å². The Morgan fingerprint density at radius 2 is 1.81 bits per heavy atom. The van der Waals surface area contributed by atoms with Crippen LogP contribution in [-0.2, 0) is 14.4 Å². The predicted molar refractivity (Wildman–Crippen MR) is 73.0 cm³/mol. The van der Waals surface area contributed by atoms with E-state index in [4.69, 9.17) is 14.9 Å². The molecular formula is C14H17NO6. The van der Waals surface area contributed by atoms with Crippen molar-refractivity contribution in [3.8, 4) is 5.75 Å². The molecule has 0 aliphatic carbocycles. The van der Waals surface area contributed by atoms with Gasteiger partial charge in [-0.25, -0.2) is 4.79 Å². The van der Waals surface area contributed by atoms with Gasteiger partial charge < -0.3 is 19.8 Å². The lowest BCUT2D eigenvalue weighted by Crippen LogP contribution is -2.46. The number of para-hydroxylation sites is 1. The molecule has 1 amide bonds. The van der Waals surface area contributed by atoms with Crippen LogP contribution in [0.3, 0.4) is 0 Å². The Morgan fingerprint density at radius 3 is 2.33 bits per heavy atom. The van der Waals surface area contributed by atoms with Crippen molar-refractivity contribution >= 4 is 17.8 Å². The van der Waals surface area contributed by atoms with Crippen LogP contribution in [0.15, 0.2) is 30.3 Å². The van der Waals surface area contributed by atoms with E-state index in [1.54, 1.807) is 30.3 Å². The van der Waals surface area contributed by atoms with Crippen LogP contribution in [0.1, 0.15) is 13.3 Å². The molecule has 0 aliphatic heterocycles. The predicted octanol–water partition coefficient (Wildman–Crippen LogP) is 0.842. The summed E-state index contributed by atoms with van der Waals surface area (Å²) in [4.78, 5) is 34.6. The SMILES string of the molecule is CC(C(=O)O)N(CCC(=O)O)C(=O)COc1ccccc1. The number of hydrogen-bond acceptors (Lipinski definition) is 4. The van der Waals surface area contributed by atoms with E-state index in [1.165, 1.54) is 6.92 Å². The van der Waals surface area contributed by atoms with Crippen molar-refractivity contribution in [1.82, 2.24) is 4.90 Å². The fourth-order valence-electron chi connectivity index (χ4n) is 1.63. The van der Waals surface area contributed by atoms with E-state index in [0.29, 0.717) is 5.75 Å². The lowest BCUT2D eigenvalue weighted by Gasteiger charge is -2.25. The summed E-state index contributed by atoms with van der Waals surface area (Å²) < 4.78 is 5.25. The first-order valence-electron chi connectivity index (χ1n) is 6.33. The van der Waals surface area contributed by atoms with E-state index < -0.39 is 23.9 Å². The summed E-state index contributed by atoms with van der Waals surface area (Å²) in [6.45, 7) is 0.797. The Kier molecular flexibility index (Phi) is 6.19. The topological polar surface area (TPSA) is 104 Å². The summed E-state index contributed by atoms with van der Waals surface area (Å²) in [6, 6.07) is 7.48. The van der Waals surface area contributed by atoms with Crippen molar-refractivity contribution in [1.29, 1.82) is 0 Å². The molecule has 21 heavy (non-hydrogen) atoms. The maximum Gasteiger partial charge on any atom is 0.326 e. The zero-order valence-corrected chi connectivity index (χ0v) is 11.6. The molecule has 1 rings (SSSR count). The Morgan fingerprint density at radius 1 is 1.19 bits per heavy atom. The molecule has 7 heteroatoms. The molecule has 0 aromatic heterocycles. The minimum Gasteiger partial charge on any atom is -0.484 e. The largest absolute Gasteiger partial charge is 0.484 e. The molecule has 7 nitrogen and oxygen atoms in total. The number of carboxylic acids is 2. The lowest BCUT2D eigenvalue weighted by molar-refractivity contribution is -0.151. The fraction of sp³-hybridized carbons (Fsp3) is 0.357. The van der Waals surface area contributed by atoms with Gasteiger partial charge >= 0.3 is 11.9 Å². The molecule has 1 unspecified atom stereocenters. The molecule has 0 spiro atoms. The monoisotopic (exact) mass is 295 g/mol. The smallest absolute Gasteiger partial charge is 0.326 e. The molecule has 0 heterocycles. The lowest BCUT2D eigenvalue weighted by atomic mass is 10.2.